The molecule has 7 heteroatoms. The SMILES string of the molecule is Cc1ccc(Nc2nc(-c3ccc(C(=O)N/N=C\c4cccc(OCc5ccccc5)c4)cc3)cs2)cc1. The first-order valence-electron chi connectivity index (χ1n) is 12.1. The quantitative estimate of drug-likeness (QED) is 0.160. The lowest BCUT2D eigenvalue weighted by Gasteiger charge is -2.06. The van der Waals surface area contributed by atoms with E-state index in [-0.39, 0.29) is 5.91 Å². The number of ether oxygens (including phenoxy) is 1. The van der Waals surface area contributed by atoms with Gasteiger partial charge in [-0.1, -0.05) is 72.3 Å². The van der Waals surface area contributed by atoms with E-state index in [2.05, 4.69) is 39.9 Å². The van der Waals surface area contributed by atoms with Crippen molar-refractivity contribution < 1.29 is 9.53 Å². The molecule has 0 radical (unpaired) electrons. The largest absolute Gasteiger partial charge is 0.489 e. The number of thiazole rings is 1. The smallest absolute Gasteiger partial charge is 0.271 e. The molecule has 188 valence electrons. The normalized spacial score (nSPS) is 10.9. The lowest BCUT2D eigenvalue weighted by atomic mass is 10.1. The van der Waals surface area contributed by atoms with Crippen LogP contribution in [-0.2, 0) is 6.61 Å². The topological polar surface area (TPSA) is 75.6 Å². The van der Waals surface area contributed by atoms with Gasteiger partial charge in [-0.05, 0) is 54.4 Å². The van der Waals surface area contributed by atoms with Crippen molar-refractivity contribution in [2.24, 2.45) is 5.10 Å². The first-order valence-corrected chi connectivity index (χ1v) is 13.0. The van der Waals surface area contributed by atoms with Gasteiger partial charge < -0.3 is 10.1 Å². The zero-order chi connectivity index (χ0) is 26.2. The number of carbonyl (C=O) groups excluding carboxylic acids is 1. The summed E-state index contributed by atoms with van der Waals surface area (Å²) in [6, 6.07) is 33.0. The van der Waals surface area contributed by atoms with Crippen LogP contribution in [0.3, 0.4) is 0 Å². The second kappa shape index (κ2) is 12.0. The maximum absolute atomic E-state index is 12.6. The predicted octanol–water partition coefficient (Wildman–Crippen LogP) is 7.21. The highest BCUT2D eigenvalue weighted by Gasteiger charge is 2.08. The number of hydrogen-bond donors (Lipinski definition) is 2. The average Bonchev–Trinajstić information content (AvgIpc) is 3.42. The molecule has 0 fully saturated rings. The molecule has 5 aromatic rings. The lowest BCUT2D eigenvalue weighted by molar-refractivity contribution is 0.0955. The van der Waals surface area contributed by atoms with Gasteiger partial charge in [-0.15, -0.1) is 11.3 Å². The molecule has 0 spiro atoms. The van der Waals surface area contributed by atoms with E-state index in [0.29, 0.717) is 12.2 Å². The van der Waals surface area contributed by atoms with Crippen LogP contribution in [0.2, 0.25) is 0 Å². The number of nitrogens with zero attached hydrogens (tertiary/aromatic N) is 2. The van der Waals surface area contributed by atoms with Crippen LogP contribution in [-0.4, -0.2) is 17.1 Å². The first kappa shape index (κ1) is 24.9. The summed E-state index contributed by atoms with van der Waals surface area (Å²) in [7, 11) is 0. The van der Waals surface area contributed by atoms with Crippen LogP contribution in [0.1, 0.15) is 27.0 Å². The van der Waals surface area contributed by atoms with E-state index in [1.54, 1.807) is 18.3 Å². The van der Waals surface area contributed by atoms with Crippen molar-refractivity contribution >= 4 is 34.3 Å². The Morgan fingerprint density at radius 3 is 2.53 bits per heavy atom. The number of aromatic nitrogens is 1. The van der Waals surface area contributed by atoms with Crippen molar-refractivity contribution in [1.82, 2.24) is 10.4 Å². The van der Waals surface area contributed by atoms with Crippen LogP contribution in [0.5, 0.6) is 5.75 Å². The molecule has 5 rings (SSSR count). The van der Waals surface area contributed by atoms with E-state index in [1.165, 1.54) is 16.9 Å². The highest BCUT2D eigenvalue weighted by Crippen LogP contribution is 2.27. The number of aryl methyl sites for hydroxylation is 1. The Balaban J connectivity index is 1.15. The Morgan fingerprint density at radius 1 is 0.947 bits per heavy atom. The van der Waals surface area contributed by atoms with E-state index >= 15 is 0 Å². The minimum Gasteiger partial charge on any atom is -0.489 e. The number of anilines is 2. The average molecular weight is 519 g/mol. The van der Waals surface area contributed by atoms with Crippen LogP contribution in [0.25, 0.3) is 11.3 Å². The predicted molar refractivity (Wildman–Crippen MR) is 154 cm³/mol. The summed E-state index contributed by atoms with van der Waals surface area (Å²) in [5.41, 5.74) is 9.01. The van der Waals surface area contributed by atoms with Crippen molar-refractivity contribution in [2.45, 2.75) is 13.5 Å². The van der Waals surface area contributed by atoms with Gasteiger partial charge in [-0.25, -0.2) is 10.4 Å². The molecule has 6 nitrogen and oxygen atoms in total. The molecule has 4 aromatic carbocycles. The Morgan fingerprint density at radius 2 is 1.74 bits per heavy atom. The van der Waals surface area contributed by atoms with Gasteiger partial charge >= 0.3 is 0 Å². The molecular formula is C31H26N4O2S. The van der Waals surface area contributed by atoms with Gasteiger partial charge in [0.05, 0.1) is 11.9 Å². The van der Waals surface area contributed by atoms with Crippen molar-refractivity contribution in [3.05, 3.63) is 131 Å². The molecule has 2 N–H and O–H groups in total. The van der Waals surface area contributed by atoms with Crippen LogP contribution in [0.15, 0.2) is 114 Å². The third-order valence-corrected chi connectivity index (χ3v) is 6.49. The van der Waals surface area contributed by atoms with Gasteiger partial charge in [-0.3, -0.25) is 4.79 Å². The Labute approximate surface area is 225 Å². The summed E-state index contributed by atoms with van der Waals surface area (Å²) in [6.45, 7) is 2.55. The first-order chi connectivity index (χ1) is 18.6. The molecule has 1 amide bonds. The number of hydrogen-bond acceptors (Lipinski definition) is 6. The van der Waals surface area contributed by atoms with E-state index < -0.39 is 0 Å². The monoisotopic (exact) mass is 518 g/mol. The third-order valence-electron chi connectivity index (χ3n) is 5.74. The fourth-order valence-corrected chi connectivity index (χ4v) is 4.41. The van der Waals surface area contributed by atoms with Crippen molar-refractivity contribution in [3.63, 3.8) is 0 Å². The molecule has 1 heterocycles. The molecule has 0 aliphatic heterocycles. The molecule has 0 aliphatic carbocycles. The molecule has 0 bridgehead atoms. The summed E-state index contributed by atoms with van der Waals surface area (Å²) in [5, 5.41) is 10.2. The van der Waals surface area contributed by atoms with Gasteiger partial charge in [-0.2, -0.15) is 5.10 Å². The lowest BCUT2D eigenvalue weighted by Crippen LogP contribution is -2.17. The summed E-state index contributed by atoms with van der Waals surface area (Å²) >= 11 is 1.54. The number of nitrogens with one attached hydrogen (secondary N) is 2. The maximum Gasteiger partial charge on any atom is 0.271 e. The molecule has 0 aliphatic rings. The Bertz CT molecular complexity index is 1530. The van der Waals surface area contributed by atoms with Crippen LogP contribution >= 0.6 is 11.3 Å². The van der Waals surface area contributed by atoms with E-state index in [4.69, 9.17) is 4.74 Å². The maximum atomic E-state index is 12.6. The zero-order valence-electron chi connectivity index (χ0n) is 20.8. The highest BCUT2D eigenvalue weighted by atomic mass is 32.1. The summed E-state index contributed by atoms with van der Waals surface area (Å²) in [5.74, 6) is 0.447. The van der Waals surface area contributed by atoms with E-state index in [9.17, 15) is 4.79 Å². The fraction of sp³-hybridized carbons (Fsp3) is 0.0645. The summed E-state index contributed by atoms with van der Waals surface area (Å²) in [6.07, 6.45) is 1.60. The molecular weight excluding hydrogens is 492 g/mol. The Kier molecular flexibility index (Phi) is 7.86. The van der Waals surface area contributed by atoms with Gasteiger partial charge in [0.1, 0.15) is 12.4 Å². The van der Waals surface area contributed by atoms with Gasteiger partial charge in [0.15, 0.2) is 5.13 Å². The van der Waals surface area contributed by atoms with Crippen molar-refractivity contribution in [2.75, 3.05) is 5.32 Å². The summed E-state index contributed by atoms with van der Waals surface area (Å²) in [4.78, 5) is 17.2. The fourth-order valence-electron chi connectivity index (χ4n) is 3.67. The van der Waals surface area contributed by atoms with Crippen LogP contribution in [0.4, 0.5) is 10.8 Å². The molecule has 0 saturated heterocycles. The minimum absolute atomic E-state index is 0.288. The number of carbonyl (C=O) groups is 1. The van der Waals surface area contributed by atoms with Crippen molar-refractivity contribution in [1.29, 1.82) is 0 Å². The van der Waals surface area contributed by atoms with Gasteiger partial charge in [0, 0.05) is 22.2 Å². The number of amides is 1. The standard InChI is InChI=1S/C31H26N4O2S/c1-22-10-16-27(17-11-22)33-31-34-29(21-38-31)25-12-14-26(15-13-25)30(36)35-32-19-24-8-5-9-28(18-24)37-20-23-6-3-2-4-7-23/h2-19,21H,20H2,1H3,(H,33,34)(H,35,36)/b32-19-. The summed E-state index contributed by atoms with van der Waals surface area (Å²) < 4.78 is 5.86. The molecule has 0 atom stereocenters. The molecule has 38 heavy (non-hydrogen) atoms. The van der Waals surface area contributed by atoms with Gasteiger partial charge in [0.2, 0.25) is 0 Å². The van der Waals surface area contributed by atoms with Crippen molar-refractivity contribution in [3.8, 4) is 17.0 Å². The Hall–Kier alpha value is -4.75. The number of rotatable bonds is 9. The molecule has 1 aromatic heterocycles. The molecule has 0 unspecified atom stereocenters. The minimum atomic E-state index is -0.288. The third kappa shape index (κ3) is 6.72. The number of benzene rings is 4. The zero-order valence-corrected chi connectivity index (χ0v) is 21.6. The second-order valence-corrected chi connectivity index (χ2v) is 9.51. The highest BCUT2D eigenvalue weighted by molar-refractivity contribution is 7.14. The van der Waals surface area contributed by atoms with Gasteiger partial charge in [0.25, 0.3) is 5.91 Å². The number of hydrazone groups is 1. The molecule has 0 saturated carbocycles. The van der Waals surface area contributed by atoms with Crippen LogP contribution in [0, 0.1) is 6.92 Å². The van der Waals surface area contributed by atoms with Crippen LogP contribution < -0.4 is 15.5 Å². The van der Waals surface area contributed by atoms with E-state index in [0.717, 1.165) is 39.0 Å². The van der Waals surface area contributed by atoms with E-state index in [1.807, 2.05) is 84.2 Å². The second-order valence-electron chi connectivity index (χ2n) is 8.65.